The quantitative estimate of drug-likeness (QED) is 0.718. The molecule has 2 fully saturated rings. The first-order valence-electron chi connectivity index (χ1n) is 11.3. The molecule has 2 aromatic rings. The van der Waals surface area contributed by atoms with Gasteiger partial charge in [0.05, 0.1) is 6.04 Å². The first-order valence-corrected chi connectivity index (χ1v) is 11.3. The number of hydrogen-bond acceptors (Lipinski definition) is 5. The number of carbonyl (C=O) groups excluding carboxylic acids is 2. The highest BCUT2D eigenvalue weighted by atomic mass is 16.5. The fraction of sp³-hybridized carbons (Fsp3) is 0.440. The van der Waals surface area contributed by atoms with Gasteiger partial charge in [-0.2, -0.15) is 0 Å². The lowest BCUT2D eigenvalue weighted by Gasteiger charge is -2.26. The van der Waals surface area contributed by atoms with Crippen molar-refractivity contribution in [1.29, 1.82) is 0 Å². The Labute approximate surface area is 187 Å². The van der Waals surface area contributed by atoms with Crippen molar-refractivity contribution in [3.63, 3.8) is 0 Å². The lowest BCUT2D eigenvalue weighted by molar-refractivity contribution is -0.137. The highest BCUT2D eigenvalue weighted by Gasteiger charge is 2.39. The summed E-state index contributed by atoms with van der Waals surface area (Å²) in [5, 5.41) is 13.4. The molecule has 2 saturated heterocycles. The molecule has 0 saturated carbocycles. The zero-order valence-corrected chi connectivity index (χ0v) is 18.0. The molecule has 7 nitrogen and oxygen atoms in total. The van der Waals surface area contributed by atoms with Crippen molar-refractivity contribution >= 4 is 11.8 Å². The van der Waals surface area contributed by atoms with Crippen molar-refractivity contribution in [2.24, 2.45) is 5.92 Å². The van der Waals surface area contributed by atoms with Gasteiger partial charge >= 0.3 is 0 Å². The molecule has 4 bridgehead atoms. The number of nitrogens with zero attached hydrogens (tertiary/aromatic N) is 1. The van der Waals surface area contributed by atoms with E-state index >= 15 is 0 Å². The summed E-state index contributed by atoms with van der Waals surface area (Å²) in [5.74, 6) is 1.14. The van der Waals surface area contributed by atoms with E-state index in [4.69, 9.17) is 9.47 Å². The topological polar surface area (TPSA) is 88.1 Å². The second kappa shape index (κ2) is 8.82. The summed E-state index contributed by atoms with van der Waals surface area (Å²) in [6.45, 7) is 2.32. The Morgan fingerprint density at radius 1 is 1.06 bits per heavy atom. The van der Waals surface area contributed by atoms with Crippen LogP contribution in [-0.2, 0) is 20.7 Å². The molecule has 2 amide bonds. The number of hydrogen-bond donors (Lipinski definition) is 2. The molecule has 3 aliphatic rings. The third-order valence-corrected chi connectivity index (χ3v) is 6.73. The van der Waals surface area contributed by atoms with E-state index in [0.29, 0.717) is 50.6 Å². The fourth-order valence-corrected chi connectivity index (χ4v) is 4.94. The van der Waals surface area contributed by atoms with Crippen molar-refractivity contribution in [3.8, 4) is 17.2 Å². The van der Waals surface area contributed by atoms with E-state index in [2.05, 4.69) is 5.32 Å². The molecule has 3 aliphatic heterocycles. The maximum absolute atomic E-state index is 13.2. The second-order valence-corrected chi connectivity index (χ2v) is 8.89. The van der Waals surface area contributed by atoms with Gasteiger partial charge in [0.25, 0.3) is 0 Å². The van der Waals surface area contributed by atoms with E-state index in [1.807, 2.05) is 29.2 Å². The number of fused-ring (bicyclic) bond motifs is 6. The highest BCUT2D eigenvalue weighted by Crippen LogP contribution is 2.36. The Bertz CT molecular complexity index is 1020. The molecule has 7 heteroatoms. The number of rotatable bonds is 1. The van der Waals surface area contributed by atoms with Gasteiger partial charge in [0, 0.05) is 44.6 Å². The summed E-state index contributed by atoms with van der Waals surface area (Å²) in [5.41, 5.74) is 1.92. The van der Waals surface area contributed by atoms with Crippen LogP contribution >= 0.6 is 0 Å². The first-order chi connectivity index (χ1) is 15.6. The normalized spacial score (nSPS) is 23.8. The van der Waals surface area contributed by atoms with Gasteiger partial charge in [-0.25, -0.2) is 0 Å². The highest BCUT2D eigenvalue weighted by molar-refractivity contribution is 5.80. The van der Waals surface area contributed by atoms with E-state index in [1.165, 1.54) is 0 Å². The van der Waals surface area contributed by atoms with Gasteiger partial charge in [0.1, 0.15) is 5.75 Å². The molecule has 0 spiro atoms. The molecule has 2 aromatic carbocycles. The lowest BCUT2D eigenvalue weighted by atomic mass is 9.94. The number of ether oxygens (including phenoxy) is 2. The van der Waals surface area contributed by atoms with Gasteiger partial charge in [-0.05, 0) is 54.7 Å². The zero-order valence-electron chi connectivity index (χ0n) is 18.0. The Kier molecular flexibility index (Phi) is 5.74. The molecular formula is C25H28N2O5. The number of aryl methyl sites for hydroxylation is 1. The Morgan fingerprint density at radius 3 is 2.75 bits per heavy atom. The average Bonchev–Trinajstić information content (AvgIpc) is 3.23. The van der Waals surface area contributed by atoms with Crippen molar-refractivity contribution in [2.45, 2.75) is 37.6 Å². The molecule has 0 unspecified atom stereocenters. The Balaban J connectivity index is 1.44. The monoisotopic (exact) mass is 436 g/mol. The van der Waals surface area contributed by atoms with Crippen LogP contribution in [0.5, 0.6) is 17.2 Å². The molecule has 2 atom stereocenters. The van der Waals surface area contributed by atoms with E-state index < -0.39 is 0 Å². The summed E-state index contributed by atoms with van der Waals surface area (Å²) >= 11 is 0. The predicted octanol–water partition coefficient (Wildman–Crippen LogP) is 2.97. The van der Waals surface area contributed by atoms with E-state index in [0.717, 1.165) is 24.0 Å². The number of nitrogens with one attached hydrogen (secondary N) is 1. The molecule has 0 aliphatic carbocycles. The van der Waals surface area contributed by atoms with Gasteiger partial charge in [0.15, 0.2) is 11.5 Å². The minimum Gasteiger partial charge on any atom is -0.504 e. The van der Waals surface area contributed by atoms with Gasteiger partial charge in [-0.3, -0.25) is 9.59 Å². The standard InChI is InChI=1S/C25H28N2O5/c28-22-6-4-16-5-7-24(29)26-21-15-27(25(30)17-8-10-31-11-9-17)14-20(21)18-2-1-3-19(13-18)32-23(22)12-16/h1-4,6,12-13,17,20-21,28H,5,7-11,14-15H2,(H,26,29)/t20-,21+/m0/s1. The molecule has 0 aromatic heterocycles. The van der Waals surface area contributed by atoms with Crippen LogP contribution in [0.3, 0.4) is 0 Å². The summed E-state index contributed by atoms with van der Waals surface area (Å²) in [6.07, 6.45) is 2.38. The first kappa shape index (κ1) is 20.8. The molecule has 2 N–H and O–H groups in total. The second-order valence-electron chi connectivity index (χ2n) is 8.89. The number of phenols is 1. The Hall–Kier alpha value is -3.06. The minimum atomic E-state index is -0.154. The molecule has 32 heavy (non-hydrogen) atoms. The molecule has 168 valence electrons. The van der Waals surface area contributed by atoms with Crippen molar-refractivity contribution in [3.05, 3.63) is 53.6 Å². The maximum Gasteiger partial charge on any atom is 0.225 e. The number of amides is 2. The number of phenolic OH excluding ortho intramolecular Hbond substituents is 1. The molecule has 5 rings (SSSR count). The van der Waals surface area contributed by atoms with E-state index in [1.54, 1.807) is 18.2 Å². The van der Waals surface area contributed by atoms with Gasteiger partial charge < -0.3 is 24.8 Å². The van der Waals surface area contributed by atoms with Crippen LogP contribution < -0.4 is 10.1 Å². The average molecular weight is 437 g/mol. The minimum absolute atomic E-state index is 0.00729. The van der Waals surface area contributed by atoms with Gasteiger partial charge in [-0.15, -0.1) is 0 Å². The van der Waals surface area contributed by atoms with Crippen molar-refractivity contribution < 1.29 is 24.2 Å². The predicted molar refractivity (Wildman–Crippen MR) is 118 cm³/mol. The van der Waals surface area contributed by atoms with Crippen LogP contribution in [0.25, 0.3) is 0 Å². The van der Waals surface area contributed by atoms with Crippen LogP contribution in [0.2, 0.25) is 0 Å². The van der Waals surface area contributed by atoms with Crippen LogP contribution in [0.15, 0.2) is 42.5 Å². The SMILES string of the molecule is O=C1CCc2ccc(O)c(c2)Oc2cccc(c2)[C@@H]2CN(C(=O)C3CCOCC3)C[C@H]2N1. The maximum atomic E-state index is 13.2. The van der Waals surface area contributed by atoms with Crippen LogP contribution in [0, 0.1) is 5.92 Å². The Morgan fingerprint density at radius 2 is 1.91 bits per heavy atom. The third-order valence-electron chi connectivity index (χ3n) is 6.73. The summed E-state index contributed by atoms with van der Waals surface area (Å²) in [7, 11) is 0. The number of carbonyl (C=O) groups is 2. The van der Waals surface area contributed by atoms with Crippen LogP contribution in [0.4, 0.5) is 0 Å². The van der Waals surface area contributed by atoms with E-state index in [9.17, 15) is 14.7 Å². The molecule has 0 radical (unpaired) electrons. The lowest BCUT2D eigenvalue weighted by Crippen LogP contribution is -2.42. The molecule has 3 heterocycles. The third kappa shape index (κ3) is 4.30. The number of likely N-dealkylation sites (tertiary alicyclic amines) is 1. The largest absolute Gasteiger partial charge is 0.504 e. The van der Waals surface area contributed by atoms with Crippen LogP contribution in [-0.4, -0.2) is 54.2 Å². The number of benzene rings is 2. The fourth-order valence-electron chi connectivity index (χ4n) is 4.94. The van der Waals surface area contributed by atoms with Gasteiger partial charge in [0.2, 0.25) is 11.8 Å². The van der Waals surface area contributed by atoms with Crippen molar-refractivity contribution in [2.75, 3.05) is 26.3 Å². The smallest absolute Gasteiger partial charge is 0.225 e. The zero-order chi connectivity index (χ0) is 22.1. The van der Waals surface area contributed by atoms with E-state index in [-0.39, 0.29) is 35.4 Å². The molecular weight excluding hydrogens is 408 g/mol. The summed E-state index contributed by atoms with van der Waals surface area (Å²) < 4.78 is 11.4. The van der Waals surface area contributed by atoms with Gasteiger partial charge in [-0.1, -0.05) is 18.2 Å². The number of aromatic hydroxyl groups is 1. The summed E-state index contributed by atoms with van der Waals surface area (Å²) in [4.78, 5) is 27.8. The van der Waals surface area contributed by atoms with Crippen molar-refractivity contribution in [1.82, 2.24) is 10.2 Å². The summed E-state index contributed by atoms with van der Waals surface area (Å²) in [6, 6.07) is 12.7. The van der Waals surface area contributed by atoms with Crippen LogP contribution in [0.1, 0.15) is 36.3 Å².